The van der Waals surface area contributed by atoms with Gasteiger partial charge >= 0.3 is 0 Å². The van der Waals surface area contributed by atoms with E-state index in [1.54, 1.807) is 0 Å². The summed E-state index contributed by atoms with van der Waals surface area (Å²) in [6.45, 7) is 0.763. The van der Waals surface area contributed by atoms with E-state index in [2.05, 4.69) is 5.32 Å². The van der Waals surface area contributed by atoms with Crippen LogP contribution in [0, 0.1) is 15.3 Å². The minimum Gasteiger partial charge on any atom is -0.711 e. The fourth-order valence-corrected chi connectivity index (χ4v) is 1.14. The van der Waals surface area contributed by atoms with Crippen molar-refractivity contribution in [2.45, 2.75) is 0 Å². The highest BCUT2D eigenvalue weighted by Gasteiger charge is 2.11. The van der Waals surface area contributed by atoms with Gasteiger partial charge in [-0.3, -0.25) is 15.4 Å². The molecule has 8 heteroatoms. The fraction of sp³-hybridized carbons (Fsp3) is 0.444. The molecule has 0 aliphatic rings. The van der Waals surface area contributed by atoms with E-state index in [0.717, 1.165) is 18.3 Å². The van der Waals surface area contributed by atoms with Crippen molar-refractivity contribution >= 4 is 11.5 Å². The third-order valence-electron chi connectivity index (χ3n) is 1.90. The van der Waals surface area contributed by atoms with Gasteiger partial charge in [0.25, 0.3) is 11.5 Å². The Kier molecular flexibility index (Phi) is 5.11. The van der Waals surface area contributed by atoms with Crippen LogP contribution in [-0.4, -0.2) is 36.4 Å². The van der Waals surface area contributed by atoms with Crippen LogP contribution in [0.25, 0.3) is 0 Å². The molecule has 17 heavy (non-hydrogen) atoms. The summed E-state index contributed by atoms with van der Waals surface area (Å²) >= 11 is 0. The van der Waals surface area contributed by atoms with Gasteiger partial charge in [-0.25, -0.2) is 4.73 Å². The quantitative estimate of drug-likeness (QED) is 0.222. The molecule has 8 nitrogen and oxygen atoms in total. The zero-order valence-electron chi connectivity index (χ0n) is 9.04. The standard InChI is InChI=1S/C9H13N3O5/c13-4-6-17-5-2-10-9-7-8(12(15)16)1-3-11(9)14/h1,3,7,10,13H,2,4-6H2. The van der Waals surface area contributed by atoms with Gasteiger partial charge in [-0.1, -0.05) is 0 Å². The average molecular weight is 243 g/mol. The predicted octanol–water partition coefficient (Wildman–Crippen LogP) is -0.351. The first-order valence-electron chi connectivity index (χ1n) is 4.95. The first-order valence-corrected chi connectivity index (χ1v) is 4.95. The summed E-state index contributed by atoms with van der Waals surface area (Å²) in [5.41, 5.74) is -0.157. The number of aliphatic hydroxyl groups is 1. The molecule has 1 heterocycles. The Morgan fingerprint density at radius 1 is 1.53 bits per heavy atom. The molecule has 0 aliphatic heterocycles. The van der Waals surface area contributed by atoms with E-state index in [-0.39, 0.29) is 24.7 Å². The topological polar surface area (TPSA) is 112 Å². The van der Waals surface area contributed by atoms with Gasteiger partial charge in [0.1, 0.15) is 18.8 Å². The number of hydrogen-bond donors (Lipinski definition) is 2. The number of hydrogen-bond acceptors (Lipinski definition) is 6. The molecular weight excluding hydrogens is 230 g/mol. The normalized spacial score (nSPS) is 10.2. The summed E-state index contributed by atoms with van der Waals surface area (Å²) in [7, 11) is 0. The van der Waals surface area contributed by atoms with Crippen LogP contribution < -0.4 is 10.0 Å². The van der Waals surface area contributed by atoms with E-state index in [1.807, 2.05) is 0 Å². The number of anilines is 1. The summed E-state index contributed by atoms with van der Waals surface area (Å²) < 4.78 is 5.46. The number of pyridine rings is 1. The lowest BCUT2D eigenvalue weighted by molar-refractivity contribution is -0.591. The van der Waals surface area contributed by atoms with Crippen LogP contribution in [0.2, 0.25) is 0 Å². The van der Waals surface area contributed by atoms with Gasteiger partial charge in [-0.15, -0.1) is 0 Å². The summed E-state index contributed by atoms with van der Waals surface area (Å²) in [5, 5.41) is 32.9. The van der Waals surface area contributed by atoms with Crippen molar-refractivity contribution in [3.8, 4) is 0 Å². The molecule has 0 saturated carbocycles. The van der Waals surface area contributed by atoms with Gasteiger partial charge in [0.05, 0.1) is 30.8 Å². The third-order valence-corrected chi connectivity index (χ3v) is 1.90. The number of aromatic nitrogens is 1. The van der Waals surface area contributed by atoms with E-state index < -0.39 is 4.92 Å². The van der Waals surface area contributed by atoms with Crippen molar-refractivity contribution < 1.29 is 19.5 Å². The Hall–Kier alpha value is -1.93. The number of rotatable bonds is 7. The van der Waals surface area contributed by atoms with Crippen LogP contribution in [0.4, 0.5) is 11.5 Å². The van der Waals surface area contributed by atoms with Crippen LogP contribution in [0.1, 0.15) is 0 Å². The zero-order valence-corrected chi connectivity index (χ0v) is 9.04. The maximum atomic E-state index is 11.3. The first-order chi connectivity index (χ1) is 8.15. The lowest BCUT2D eigenvalue weighted by Gasteiger charge is -2.08. The number of nitrogens with zero attached hydrogens (tertiary/aromatic N) is 2. The smallest absolute Gasteiger partial charge is 0.284 e. The number of nitro groups is 1. The largest absolute Gasteiger partial charge is 0.711 e. The van der Waals surface area contributed by atoms with Crippen molar-refractivity contribution in [2.75, 3.05) is 31.7 Å². The monoisotopic (exact) mass is 243 g/mol. The molecular formula is C9H13N3O5. The molecule has 1 aromatic rings. The van der Waals surface area contributed by atoms with Crippen LogP contribution >= 0.6 is 0 Å². The minimum atomic E-state index is -0.576. The molecule has 1 rings (SSSR count). The second-order valence-electron chi connectivity index (χ2n) is 3.12. The Bertz CT molecular complexity index is 385. The lowest BCUT2D eigenvalue weighted by atomic mass is 10.4. The van der Waals surface area contributed by atoms with Gasteiger partial charge < -0.3 is 15.1 Å². The van der Waals surface area contributed by atoms with E-state index in [0.29, 0.717) is 17.9 Å². The number of ether oxygens (including phenoxy) is 1. The maximum absolute atomic E-state index is 11.3. The third kappa shape index (κ3) is 4.21. The highest BCUT2D eigenvalue weighted by Crippen LogP contribution is 2.12. The maximum Gasteiger partial charge on any atom is 0.284 e. The molecule has 0 fully saturated rings. The van der Waals surface area contributed by atoms with Crippen molar-refractivity contribution in [2.24, 2.45) is 0 Å². The Morgan fingerprint density at radius 2 is 2.29 bits per heavy atom. The average Bonchev–Trinajstić information content (AvgIpc) is 2.30. The summed E-state index contributed by atoms with van der Waals surface area (Å²) in [6.07, 6.45) is 1.06. The van der Waals surface area contributed by atoms with E-state index in [4.69, 9.17) is 9.84 Å². The van der Waals surface area contributed by atoms with E-state index in [9.17, 15) is 15.3 Å². The lowest BCUT2D eigenvalue weighted by Crippen LogP contribution is -2.31. The van der Waals surface area contributed by atoms with Crippen LogP contribution in [-0.2, 0) is 4.74 Å². The SMILES string of the molecule is O=[N+]([O-])c1cc[n+]([O-])c(NCCOCCO)c1. The predicted molar refractivity (Wildman–Crippen MR) is 58.5 cm³/mol. The van der Waals surface area contributed by atoms with Crippen molar-refractivity contribution in [1.29, 1.82) is 0 Å². The Labute approximate surface area is 97.2 Å². The summed E-state index contributed by atoms with van der Waals surface area (Å²) in [5.74, 6) is 0.0896. The zero-order chi connectivity index (χ0) is 12.7. The molecule has 0 aromatic carbocycles. The van der Waals surface area contributed by atoms with E-state index in [1.165, 1.54) is 0 Å². The fourth-order valence-electron chi connectivity index (χ4n) is 1.14. The second kappa shape index (κ2) is 6.61. The molecule has 0 aliphatic carbocycles. The van der Waals surface area contributed by atoms with Gasteiger partial charge in [0.15, 0.2) is 0 Å². The second-order valence-corrected chi connectivity index (χ2v) is 3.12. The minimum absolute atomic E-state index is 0.0711. The van der Waals surface area contributed by atoms with Crippen molar-refractivity contribution in [3.05, 3.63) is 33.7 Å². The van der Waals surface area contributed by atoms with Gasteiger partial charge in [-0.05, 0) is 0 Å². The highest BCUT2D eigenvalue weighted by molar-refractivity contribution is 5.40. The molecule has 0 unspecified atom stereocenters. The van der Waals surface area contributed by atoms with Crippen LogP contribution in [0.15, 0.2) is 18.3 Å². The number of aliphatic hydroxyl groups excluding tert-OH is 1. The van der Waals surface area contributed by atoms with Crippen molar-refractivity contribution in [3.63, 3.8) is 0 Å². The molecule has 0 atom stereocenters. The number of nitrogens with one attached hydrogen (secondary N) is 1. The van der Waals surface area contributed by atoms with Crippen molar-refractivity contribution in [1.82, 2.24) is 0 Å². The molecule has 0 spiro atoms. The molecule has 0 bridgehead atoms. The summed E-state index contributed by atoms with van der Waals surface area (Å²) in [6, 6.07) is 2.28. The molecule has 94 valence electrons. The van der Waals surface area contributed by atoms with Crippen LogP contribution in [0.5, 0.6) is 0 Å². The molecule has 2 N–H and O–H groups in total. The Morgan fingerprint density at radius 3 is 2.94 bits per heavy atom. The van der Waals surface area contributed by atoms with Gasteiger partial charge in [0.2, 0.25) is 0 Å². The molecule has 0 amide bonds. The van der Waals surface area contributed by atoms with Gasteiger partial charge in [-0.2, -0.15) is 0 Å². The molecule has 0 saturated heterocycles. The Balaban J connectivity index is 2.51. The first kappa shape index (κ1) is 13.1. The molecule has 1 aromatic heterocycles. The van der Waals surface area contributed by atoms with Crippen LogP contribution in [0.3, 0.4) is 0 Å². The highest BCUT2D eigenvalue weighted by atomic mass is 16.6. The molecule has 0 radical (unpaired) electrons. The van der Waals surface area contributed by atoms with Gasteiger partial charge in [0, 0.05) is 0 Å². The summed E-state index contributed by atoms with van der Waals surface area (Å²) in [4.78, 5) is 9.92. The van der Waals surface area contributed by atoms with E-state index >= 15 is 0 Å².